The smallest absolute Gasteiger partial charge is 0.207 e. The van der Waals surface area contributed by atoms with Gasteiger partial charge in [0.1, 0.15) is 0 Å². The average Bonchev–Trinajstić information content (AvgIpc) is 1.13. The standard InChI is InChI=1S/C42H36N2O2S.C36H22N2O2S/c1-41(2)33-13-5-9-17-37(33)43(38-18-10-6-14-34(38)41)29-21-25-31(26-22-29)47(45,46)32-27-23-30(24-28-32)44-39-19-11-7-15-35(39)42(3,4)36-16-8-12-20-40(36)44;39-41(40)35-19-17-23(37-31-13-5-1-9-25(31)26-10-2-6-14-32(26)37)21-29(35)30-22-24(18-20-36(30)41)38-33-15-7-3-11-27(33)28-12-4-8-16-34(28)38/h5-28H,1-4H3;1-22H. The summed E-state index contributed by atoms with van der Waals surface area (Å²) in [7, 11) is -7.37. The van der Waals surface area contributed by atoms with Crippen molar-refractivity contribution in [2.75, 3.05) is 9.80 Å². The van der Waals surface area contributed by atoms with Crippen LogP contribution < -0.4 is 9.80 Å². The summed E-state index contributed by atoms with van der Waals surface area (Å²) < 4.78 is 59.8. The van der Waals surface area contributed by atoms with E-state index in [-0.39, 0.29) is 20.6 Å². The molecule has 0 aliphatic carbocycles. The molecule has 3 aliphatic rings. The summed E-state index contributed by atoms with van der Waals surface area (Å²) in [5, 5.41) is 4.69. The Kier molecular flexibility index (Phi) is 11.9. The lowest BCUT2D eigenvalue weighted by atomic mass is 9.73. The van der Waals surface area contributed by atoms with Crippen LogP contribution in [0.25, 0.3) is 66.1 Å². The van der Waals surface area contributed by atoms with E-state index in [2.05, 4.69) is 216 Å². The molecule has 14 aromatic rings. The molecule has 0 N–H and O–H groups in total. The van der Waals surface area contributed by atoms with Gasteiger partial charge < -0.3 is 18.9 Å². The van der Waals surface area contributed by atoms with Gasteiger partial charge in [0, 0.05) is 66.3 Å². The average molecular weight is 1180 g/mol. The topological polar surface area (TPSA) is 84.6 Å². The Bertz CT molecular complexity index is 4920. The van der Waals surface area contributed by atoms with E-state index in [0.717, 1.165) is 78.7 Å². The number of nitrogens with zero attached hydrogens (tertiary/aromatic N) is 4. The summed E-state index contributed by atoms with van der Waals surface area (Å²) in [6, 6.07) is 93.3. The van der Waals surface area contributed by atoms with Crippen molar-refractivity contribution >= 4 is 97.4 Å². The predicted molar refractivity (Wildman–Crippen MR) is 358 cm³/mol. The third-order valence-corrected chi connectivity index (χ3v) is 22.2. The lowest BCUT2D eigenvalue weighted by Gasteiger charge is -2.42. The van der Waals surface area contributed by atoms with Crippen LogP contribution in [0.4, 0.5) is 34.1 Å². The predicted octanol–water partition coefficient (Wildman–Crippen LogP) is 19.4. The van der Waals surface area contributed by atoms with E-state index >= 15 is 0 Å². The molecule has 3 aliphatic heterocycles. The molecule has 0 fully saturated rings. The van der Waals surface area contributed by atoms with E-state index in [1.54, 1.807) is 36.4 Å². The second kappa shape index (κ2) is 19.6. The second-order valence-electron chi connectivity index (χ2n) is 24.1. The molecule has 0 bridgehead atoms. The highest BCUT2D eigenvalue weighted by Gasteiger charge is 2.39. The number of benzene rings is 12. The van der Waals surface area contributed by atoms with E-state index in [4.69, 9.17) is 0 Å². The molecule has 0 radical (unpaired) electrons. The van der Waals surface area contributed by atoms with E-state index in [0.29, 0.717) is 9.79 Å². The molecule has 2 aromatic heterocycles. The summed E-state index contributed by atoms with van der Waals surface area (Å²) in [6.07, 6.45) is 0. The summed E-state index contributed by atoms with van der Waals surface area (Å²) in [4.78, 5) is 5.72. The molecule has 88 heavy (non-hydrogen) atoms. The van der Waals surface area contributed by atoms with Crippen molar-refractivity contribution in [1.82, 2.24) is 9.13 Å². The van der Waals surface area contributed by atoms with Gasteiger partial charge in [0.15, 0.2) is 0 Å². The fourth-order valence-corrected chi connectivity index (χ4v) is 17.2. The van der Waals surface area contributed by atoms with Gasteiger partial charge in [-0.05, 0) is 156 Å². The van der Waals surface area contributed by atoms with Crippen molar-refractivity contribution in [2.24, 2.45) is 0 Å². The third kappa shape index (κ3) is 7.88. The fraction of sp³-hybridized carbons (Fsp3) is 0.0769. The molecule has 0 spiro atoms. The van der Waals surface area contributed by atoms with Gasteiger partial charge in [-0.1, -0.05) is 173 Å². The number of para-hydroxylation sites is 8. The zero-order valence-corrected chi connectivity index (χ0v) is 50.4. The van der Waals surface area contributed by atoms with E-state index in [1.807, 2.05) is 72.8 Å². The van der Waals surface area contributed by atoms with Crippen molar-refractivity contribution < 1.29 is 16.8 Å². The Labute approximate surface area is 511 Å². The number of rotatable bonds is 6. The first-order valence-electron chi connectivity index (χ1n) is 29.7. The quantitative estimate of drug-likeness (QED) is 0.165. The molecule has 426 valence electrons. The van der Waals surface area contributed by atoms with Gasteiger partial charge in [0.2, 0.25) is 19.7 Å². The fourth-order valence-electron chi connectivity index (χ4n) is 14.3. The largest absolute Gasteiger partial charge is 0.310 e. The molecule has 17 rings (SSSR count). The number of fused-ring (bicyclic) bond motifs is 13. The van der Waals surface area contributed by atoms with E-state index in [9.17, 15) is 16.8 Å². The van der Waals surface area contributed by atoms with Gasteiger partial charge in [-0.15, -0.1) is 0 Å². The molecule has 10 heteroatoms. The molecule has 0 atom stereocenters. The van der Waals surface area contributed by atoms with Gasteiger partial charge in [-0.3, -0.25) is 0 Å². The number of aromatic nitrogens is 2. The van der Waals surface area contributed by atoms with Gasteiger partial charge in [-0.25, -0.2) is 16.8 Å². The second-order valence-corrected chi connectivity index (χ2v) is 27.9. The first kappa shape index (κ1) is 53.2. The van der Waals surface area contributed by atoms with Crippen molar-refractivity contribution in [3.63, 3.8) is 0 Å². The van der Waals surface area contributed by atoms with Crippen LogP contribution in [0.5, 0.6) is 0 Å². The van der Waals surface area contributed by atoms with Gasteiger partial charge in [-0.2, -0.15) is 0 Å². The lowest BCUT2D eigenvalue weighted by molar-refractivity contribution is 0.595. The first-order chi connectivity index (χ1) is 42.7. The van der Waals surface area contributed by atoms with E-state index < -0.39 is 19.7 Å². The van der Waals surface area contributed by atoms with Crippen LogP contribution in [-0.4, -0.2) is 26.0 Å². The summed E-state index contributed by atoms with van der Waals surface area (Å²) in [5.41, 5.74) is 18.6. The van der Waals surface area contributed by atoms with Crippen molar-refractivity contribution in [3.8, 4) is 22.5 Å². The maximum absolute atomic E-state index is 13.9. The zero-order valence-electron chi connectivity index (χ0n) is 48.8. The molecular weight excluding hydrogens is 1120 g/mol. The third-order valence-electron chi connectivity index (χ3n) is 18.6. The number of hydrogen-bond donors (Lipinski definition) is 0. The van der Waals surface area contributed by atoms with Crippen LogP contribution in [-0.2, 0) is 30.5 Å². The summed E-state index contributed by atoms with van der Waals surface area (Å²) >= 11 is 0. The SMILES string of the molecule is CC1(C)c2ccccc2N(c2ccc(S(=O)(=O)c3ccc(N4c5ccccc5C(C)(C)c5ccccc54)cc3)cc2)c2ccccc21.O=S1(=O)c2ccc(-n3c4ccccc4c4ccccc43)cc2-c2cc(-n3c4ccccc4c4ccccc43)ccc21. The van der Waals surface area contributed by atoms with E-state index in [1.165, 1.54) is 43.8 Å². The maximum atomic E-state index is 13.9. The molecular formula is C78H58N4O4S2. The van der Waals surface area contributed by atoms with Crippen LogP contribution in [0.3, 0.4) is 0 Å². The molecule has 0 amide bonds. The normalized spacial score (nSPS) is 14.8. The minimum absolute atomic E-state index is 0.159. The van der Waals surface area contributed by atoms with Crippen molar-refractivity contribution in [2.45, 2.75) is 58.1 Å². The Morgan fingerprint density at radius 3 is 0.875 bits per heavy atom. The highest BCUT2D eigenvalue weighted by atomic mass is 32.2. The van der Waals surface area contributed by atoms with Gasteiger partial charge >= 0.3 is 0 Å². The van der Waals surface area contributed by atoms with Crippen LogP contribution in [0, 0.1) is 0 Å². The molecule has 12 aromatic carbocycles. The molecule has 0 saturated heterocycles. The minimum atomic E-state index is -3.75. The Morgan fingerprint density at radius 2 is 0.568 bits per heavy atom. The number of hydrogen-bond acceptors (Lipinski definition) is 6. The molecule has 0 unspecified atom stereocenters. The number of sulfone groups is 2. The Balaban J connectivity index is 0.000000143. The van der Waals surface area contributed by atoms with Crippen molar-refractivity contribution in [3.05, 3.63) is 301 Å². The monoisotopic (exact) mass is 1180 g/mol. The maximum Gasteiger partial charge on any atom is 0.207 e. The molecule has 5 heterocycles. The lowest BCUT2D eigenvalue weighted by Crippen LogP contribution is -2.30. The number of anilines is 6. The van der Waals surface area contributed by atoms with Crippen LogP contribution in [0.1, 0.15) is 49.9 Å². The first-order valence-corrected chi connectivity index (χ1v) is 32.6. The Morgan fingerprint density at radius 1 is 0.307 bits per heavy atom. The highest BCUT2D eigenvalue weighted by Crippen LogP contribution is 2.54. The summed E-state index contributed by atoms with van der Waals surface area (Å²) in [6.45, 7) is 9.03. The summed E-state index contributed by atoms with van der Waals surface area (Å²) in [5.74, 6) is 0. The highest BCUT2D eigenvalue weighted by molar-refractivity contribution is 7.92. The minimum Gasteiger partial charge on any atom is -0.310 e. The van der Waals surface area contributed by atoms with Crippen LogP contribution in [0.15, 0.2) is 299 Å². The van der Waals surface area contributed by atoms with Crippen molar-refractivity contribution in [1.29, 1.82) is 0 Å². The molecule has 0 saturated carbocycles. The molecule has 8 nitrogen and oxygen atoms in total. The zero-order chi connectivity index (χ0) is 59.8. The van der Waals surface area contributed by atoms with Gasteiger partial charge in [0.25, 0.3) is 0 Å². The van der Waals surface area contributed by atoms with Crippen LogP contribution in [0.2, 0.25) is 0 Å². The van der Waals surface area contributed by atoms with Gasteiger partial charge in [0.05, 0.1) is 64.4 Å². The van der Waals surface area contributed by atoms with Crippen LogP contribution >= 0.6 is 0 Å². The Hall–Kier alpha value is -10.3.